The van der Waals surface area contributed by atoms with Crippen molar-refractivity contribution in [2.45, 2.75) is 32.7 Å². The molecule has 1 aromatic carbocycles. The molecule has 2 amide bonds. The van der Waals surface area contributed by atoms with Crippen molar-refractivity contribution in [2.75, 3.05) is 12.3 Å². The largest absolute Gasteiger partial charge is 0.398 e. The summed E-state index contributed by atoms with van der Waals surface area (Å²) in [5, 5.41) is 0. The second kappa shape index (κ2) is 5.71. The highest BCUT2D eigenvalue weighted by Gasteiger charge is 2.32. The minimum atomic E-state index is -0.505. The monoisotopic (exact) mass is 293 g/mol. The van der Waals surface area contributed by atoms with Gasteiger partial charge in [0.1, 0.15) is 5.82 Å². The summed E-state index contributed by atoms with van der Waals surface area (Å²) in [5.41, 5.74) is 11.8. The smallest absolute Gasteiger partial charge is 0.254 e. The first kappa shape index (κ1) is 15.3. The number of halogens is 1. The fourth-order valence-electron chi connectivity index (χ4n) is 2.61. The third kappa shape index (κ3) is 2.99. The van der Waals surface area contributed by atoms with E-state index in [1.54, 1.807) is 11.8 Å². The van der Waals surface area contributed by atoms with Gasteiger partial charge in [0.15, 0.2) is 0 Å². The van der Waals surface area contributed by atoms with Crippen LogP contribution in [0.1, 0.15) is 35.7 Å². The minimum absolute atomic E-state index is 0.0151. The van der Waals surface area contributed by atoms with Crippen molar-refractivity contribution in [2.24, 2.45) is 11.7 Å². The van der Waals surface area contributed by atoms with E-state index in [1.807, 2.05) is 6.92 Å². The Morgan fingerprint density at radius 1 is 1.33 bits per heavy atom. The van der Waals surface area contributed by atoms with E-state index in [-0.39, 0.29) is 35.7 Å². The Hall–Kier alpha value is -2.11. The molecule has 0 aliphatic carbocycles. The van der Waals surface area contributed by atoms with E-state index in [2.05, 4.69) is 0 Å². The number of hydrogen-bond donors (Lipinski definition) is 2. The zero-order chi connectivity index (χ0) is 15.7. The van der Waals surface area contributed by atoms with Crippen LogP contribution >= 0.6 is 0 Å². The van der Waals surface area contributed by atoms with Gasteiger partial charge in [0, 0.05) is 29.4 Å². The highest BCUT2D eigenvalue weighted by atomic mass is 19.1. The second-order valence-electron chi connectivity index (χ2n) is 5.66. The SMILES string of the molecule is Cc1c(N)cc(C(=O)N2CC(C(N)=O)CCC2C)cc1F. The third-order valence-electron chi connectivity index (χ3n) is 4.18. The summed E-state index contributed by atoms with van der Waals surface area (Å²) in [7, 11) is 0. The van der Waals surface area contributed by atoms with Crippen molar-refractivity contribution < 1.29 is 14.0 Å². The molecule has 2 atom stereocenters. The fourth-order valence-corrected chi connectivity index (χ4v) is 2.61. The van der Waals surface area contributed by atoms with E-state index in [0.717, 1.165) is 0 Å². The Labute approximate surface area is 123 Å². The highest BCUT2D eigenvalue weighted by Crippen LogP contribution is 2.25. The van der Waals surface area contributed by atoms with E-state index in [9.17, 15) is 14.0 Å². The number of nitrogens with zero attached hydrogens (tertiary/aromatic N) is 1. The molecule has 1 heterocycles. The Balaban J connectivity index is 2.27. The lowest BCUT2D eigenvalue weighted by molar-refractivity contribution is -0.123. The number of carbonyl (C=O) groups is 2. The second-order valence-corrected chi connectivity index (χ2v) is 5.66. The number of carbonyl (C=O) groups excluding carboxylic acids is 2. The molecule has 21 heavy (non-hydrogen) atoms. The van der Waals surface area contributed by atoms with Crippen LogP contribution < -0.4 is 11.5 Å². The minimum Gasteiger partial charge on any atom is -0.398 e. The van der Waals surface area contributed by atoms with E-state index in [1.165, 1.54) is 12.1 Å². The zero-order valence-corrected chi connectivity index (χ0v) is 12.2. The molecule has 2 rings (SSSR count). The van der Waals surface area contributed by atoms with Crippen molar-refractivity contribution in [3.63, 3.8) is 0 Å². The number of hydrogen-bond acceptors (Lipinski definition) is 3. The standard InChI is InChI=1S/C15H20FN3O2/c1-8-3-4-10(14(18)20)7-19(8)15(21)11-5-12(16)9(2)13(17)6-11/h5-6,8,10H,3-4,7,17H2,1-2H3,(H2,18,20). The van der Waals surface area contributed by atoms with Crippen LogP contribution in [0.3, 0.4) is 0 Å². The Morgan fingerprint density at radius 3 is 2.57 bits per heavy atom. The molecule has 0 aromatic heterocycles. The maximum Gasteiger partial charge on any atom is 0.254 e. The summed E-state index contributed by atoms with van der Waals surface area (Å²) in [6.07, 6.45) is 1.37. The van der Waals surface area contributed by atoms with Crippen LogP contribution in [0.4, 0.5) is 10.1 Å². The fraction of sp³-hybridized carbons (Fsp3) is 0.467. The number of nitrogens with two attached hydrogens (primary N) is 2. The molecule has 0 spiro atoms. The normalized spacial score (nSPS) is 22.1. The molecular formula is C15H20FN3O2. The zero-order valence-electron chi connectivity index (χ0n) is 12.2. The lowest BCUT2D eigenvalue weighted by Crippen LogP contribution is -2.48. The van der Waals surface area contributed by atoms with Gasteiger partial charge in [0.05, 0.1) is 5.92 Å². The summed E-state index contributed by atoms with van der Waals surface area (Å²) in [5.74, 6) is -1.58. The maximum atomic E-state index is 13.7. The van der Waals surface area contributed by atoms with Gasteiger partial charge in [-0.2, -0.15) is 0 Å². The van der Waals surface area contributed by atoms with Gasteiger partial charge in [-0.1, -0.05) is 0 Å². The van der Waals surface area contributed by atoms with E-state index >= 15 is 0 Å². The van der Waals surface area contributed by atoms with E-state index in [4.69, 9.17) is 11.5 Å². The first-order valence-electron chi connectivity index (χ1n) is 6.97. The van der Waals surface area contributed by atoms with Crippen LogP contribution in [0.5, 0.6) is 0 Å². The van der Waals surface area contributed by atoms with Gasteiger partial charge in [0.25, 0.3) is 5.91 Å². The number of amides is 2. The number of likely N-dealkylation sites (tertiary alicyclic amines) is 1. The molecule has 6 heteroatoms. The van der Waals surface area contributed by atoms with Crippen molar-refractivity contribution in [1.29, 1.82) is 0 Å². The average Bonchev–Trinajstić information content (AvgIpc) is 2.43. The summed E-state index contributed by atoms with van der Waals surface area (Å²) in [4.78, 5) is 25.4. The van der Waals surface area contributed by atoms with Crippen LogP contribution in [-0.4, -0.2) is 29.3 Å². The molecule has 1 aliphatic heterocycles. The number of nitrogen functional groups attached to an aromatic ring is 1. The van der Waals surface area contributed by atoms with E-state index in [0.29, 0.717) is 18.4 Å². The molecule has 1 aromatic rings. The van der Waals surface area contributed by atoms with Gasteiger partial charge >= 0.3 is 0 Å². The van der Waals surface area contributed by atoms with Crippen molar-refractivity contribution in [3.8, 4) is 0 Å². The molecule has 114 valence electrons. The molecule has 5 nitrogen and oxygen atoms in total. The molecule has 2 unspecified atom stereocenters. The summed E-state index contributed by atoms with van der Waals surface area (Å²) < 4.78 is 13.7. The van der Waals surface area contributed by atoms with Crippen molar-refractivity contribution >= 4 is 17.5 Å². The molecule has 1 aliphatic rings. The lowest BCUT2D eigenvalue weighted by atomic mass is 9.92. The van der Waals surface area contributed by atoms with Gasteiger partial charge in [-0.25, -0.2) is 4.39 Å². The first-order chi connectivity index (χ1) is 9.81. The summed E-state index contributed by atoms with van der Waals surface area (Å²) in [6, 6.07) is 2.65. The van der Waals surface area contributed by atoms with Gasteiger partial charge in [-0.15, -0.1) is 0 Å². The van der Waals surface area contributed by atoms with Crippen LogP contribution in [-0.2, 0) is 4.79 Å². The van der Waals surface area contributed by atoms with Crippen LogP contribution in [0.15, 0.2) is 12.1 Å². The topological polar surface area (TPSA) is 89.4 Å². The predicted octanol–water partition coefficient (Wildman–Crippen LogP) is 1.44. The number of rotatable bonds is 2. The maximum absolute atomic E-state index is 13.7. The average molecular weight is 293 g/mol. The Morgan fingerprint density at radius 2 is 2.00 bits per heavy atom. The lowest BCUT2D eigenvalue weighted by Gasteiger charge is -2.37. The summed E-state index contributed by atoms with van der Waals surface area (Å²) >= 11 is 0. The molecule has 0 radical (unpaired) electrons. The predicted molar refractivity (Wildman–Crippen MR) is 78.0 cm³/mol. The number of benzene rings is 1. The Kier molecular flexibility index (Phi) is 4.16. The van der Waals surface area contributed by atoms with Gasteiger partial charge in [-0.3, -0.25) is 9.59 Å². The number of piperidine rings is 1. The molecule has 1 fully saturated rings. The van der Waals surface area contributed by atoms with Gasteiger partial charge < -0.3 is 16.4 Å². The molecule has 0 bridgehead atoms. The molecular weight excluding hydrogens is 273 g/mol. The van der Waals surface area contributed by atoms with Crippen LogP contribution in [0.2, 0.25) is 0 Å². The quantitative estimate of drug-likeness (QED) is 0.809. The summed E-state index contributed by atoms with van der Waals surface area (Å²) in [6.45, 7) is 3.74. The van der Waals surface area contributed by atoms with Crippen LogP contribution in [0, 0.1) is 18.7 Å². The third-order valence-corrected chi connectivity index (χ3v) is 4.18. The van der Waals surface area contributed by atoms with Crippen LogP contribution in [0.25, 0.3) is 0 Å². The molecule has 4 N–H and O–H groups in total. The van der Waals surface area contributed by atoms with Gasteiger partial charge in [-0.05, 0) is 38.8 Å². The molecule has 1 saturated heterocycles. The van der Waals surface area contributed by atoms with Crippen molar-refractivity contribution in [3.05, 3.63) is 29.1 Å². The highest BCUT2D eigenvalue weighted by molar-refractivity contribution is 5.96. The Bertz CT molecular complexity index is 565. The number of anilines is 1. The van der Waals surface area contributed by atoms with Crippen molar-refractivity contribution in [1.82, 2.24) is 4.90 Å². The first-order valence-corrected chi connectivity index (χ1v) is 6.97. The van der Waals surface area contributed by atoms with Gasteiger partial charge in [0.2, 0.25) is 5.91 Å². The molecule has 0 saturated carbocycles. The number of primary amides is 1. The van der Waals surface area contributed by atoms with E-state index < -0.39 is 11.7 Å².